The molecule has 5 heteroatoms. The minimum atomic E-state index is -0.298. The number of hydrogen-bond donors (Lipinski definition) is 1. The Hall–Kier alpha value is -1.59. The van der Waals surface area contributed by atoms with E-state index in [1.165, 1.54) is 0 Å². The van der Waals surface area contributed by atoms with Crippen LogP contribution in [0.1, 0.15) is 24.8 Å². The highest BCUT2D eigenvalue weighted by Crippen LogP contribution is 2.50. The Balaban J connectivity index is 1.52. The lowest BCUT2D eigenvalue weighted by atomic mass is 9.58. The van der Waals surface area contributed by atoms with Crippen molar-refractivity contribution in [2.75, 3.05) is 26.8 Å². The second-order valence-corrected chi connectivity index (χ2v) is 6.64. The highest BCUT2D eigenvalue weighted by atomic mass is 16.5. The summed E-state index contributed by atoms with van der Waals surface area (Å²) in [5.74, 6) is 0.758. The van der Waals surface area contributed by atoms with Gasteiger partial charge in [0.25, 0.3) is 5.91 Å². The predicted molar refractivity (Wildman–Crippen MR) is 86.3 cm³/mol. The maximum Gasteiger partial charge on any atom is 0.260 e. The molecule has 1 heterocycles. The van der Waals surface area contributed by atoms with E-state index >= 15 is 0 Å². The Labute approximate surface area is 137 Å². The number of para-hydroxylation sites is 1. The maximum absolute atomic E-state index is 12.3. The van der Waals surface area contributed by atoms with Gasteiger partial charge in [0.15, 0.2) is 6.61 Å². The van der Waals surface area contributed by atoms with Gasteiger partial charge in [-0.05, 0) is 31.4 Å². The molecule has 1 amide bonds. The van der Waals surface area contributed by atoms with Crippen LogP contribution in [0.4, 0.5) is 0 Å². The number of carbonyl (C=O) groups excluding carboxylic acids is 1. The first kappa shape index (κ1) is 16.3. The van der Waals surface area contributed by atoms with E-state index < -0.39 is 0 Å². The molecule has 1 saturated heterocycles. The van der Waals surface area contributed by atoms with Crippen molar-refractivity contribution in [1.82, 2.24) is 4.90 Å². The van der Waals surface area contributed by atoms with Crippen molar-refractivity contribution in [3.63, 3.8) is 0 Å². The van der Waals surface area contributed by atoms with E-state index in [1.807, 2.05) is 36.1 Å². The summed E-state index contributed by atoms with van der Waals surface area (Å²) in [5.41, 5.74) is 0.876. The van der Waals surface area contributed by atoms with Crippen LogP contribution in [-0.4, -0.2) is 54.9 Å². The van der Waals surface area contributed by atoms with E-state index in [4.69, 9.17) is 9.47 Å². The molecule has 0 radical (unpaired) electrons. The van der Waals surface area contributed by atoms with Gasteiger partial charge in [0.2, 0.25) is 0 Å². The van der Waals surface area contributed by atoms with Crippen LogP contribution in [0, 0.1) is 12.3 Å². The topological polar surface area (TPSA) is 59.0 Å². The number of aliphatic hydroxyl groups excluding tert-OH is 1. The minimum absolute atomic E-state index is 0.00545. The van der Waals surface area contributed by atoms with E-state index in [9.17, 15) is 9.90 Å². The Morgan fingerprint density at radius 2 is 2.04 bits per heavy atom. The third kappa shape index (κ3) is 2.95. The molecular weight excluding hydrogens is 294 g/mol. The summed E-state index contributed by atoms with van der Waals surface area (Å²) in [6.07, 6.45) is 2.12. The molecule has 23 heavy (non-hydrogen) atoms. The lowest BCUT2D eigenvalue weighted by Gasteiger charge is -2.56. The monoisotopic (exact) mass is 319 g/mol. The van der Waals surface area contributed by atoms with Gasteiger partial charge in [0, 0.05) is 32.0 Å². The van der Waals surface area contributed by atoms with Gasteiger partial charge in [-0.15, -0.1) is 0 Å². The number of benzene rings is 1. The van der Waals surface area contributed by atoms with Crippen molar-refractivity contribution < 1.29 is 19.4 Å². The van der Waals surface area contributed by atoms with Crippen LogP contribution in [0.25, 0.3) is 0 Å². The van der Waals surface area contributed by atoms with Crippen molar-refractivity contribution in [3.05, 3.63) is 29.8 Å². The number of ether oxygens (including phenoxy) is 2. The van der Waals surface area contributed by atoms with Crippen LogP contribution >= 0.6 is 0 Å². The van der Waals surface area contributed by atoms with E-state index in [1.54, 1.807) is 7.11 Å². The molecule has 0 unspecified atom stereocenters. The van der Waals surface area contributed by atoms with Gasteiger partial charge < -0.3 is 19.5 Å². The highest BCUT2D eigenvalue weighted by Gasteiger charge is 2.56. The molecule has 1 aromatic carbocycles. The molecule has 3 rings (SSSR count). The highest BCUT2D eigenvalue weighted by molar-refractivity contribution is 5.78. The van der Waals surface area contributed by atoms with Gasteiger partial charge in [-0.3, -0.25) is 4.79 Å². The summed E-state index contributed by atoms with van der Waals surface area (Å²) in [6, 6.07) is 7.69. The number of hydrogen-bond acceptors (Lipinski definition) is 4. The van der Waals surface area contributed by atoms with E-state index in [-0.39, 0.29) is 30.1 Å². The number of piperidine rings is 1. The molecule has 1 aromatic rings. The number of methoxy groups -OCH3 is 1. The first-order valence-corrected chi connectivity index (χ1v) is 8.24. The second-order valence-electron chi connectivity index (χ2n) is 6.64. The van der Waals surface area contributed by atoms with Crippen LogP contribution < -0.4 is 4.74 Å². The summed E-state index contributed by atoms with van der Waals surface area (Å²) in [6.45, 7) is 3.35. The quantitative estimate of drug-likeness (QED) is 0.919. The van der Waals surface area contributed by atoms with Crippen molar-refractivity contribution in [1.29, 1.82) is 0 Å². The molecular formula is C18H25NO4. The van der Waals surface area contributed by atoms with Crippen molar-refractivity contribution in [2.45, 2.75) is 38.4 Å². The average Bonchev–Trinajstić information content (AvgIpc) is 2.58. The van der Waals surface area contributed by atoms with Crippen LogP contribution in [0.5, 0.6) is 5.75 Å². The molecule has 2 atom stereocenters. The normalized spacial score (nSPS) is 26.0. The van der Waals surface area contributed by atoms with E-state index in [2.05, 4.69) is 0 Å². The fourth-order valence-corrected chi connectivity index (χ4v) is 3.83. The smallest absolute Gasteiger partial charge is 0.260 e. The molecule has 0 bridgehead atoms. The fraction of sp³-hybridized carbons (Fsp3) is 0.611. The summed E-state index contributed by atoms with van der Waals surface area (Å²) in [5, 5.41) is 10.1. The summed E-state index contributed by atoms with van der Waals surface area (Å²) in [4.78, 5) is 14.2. The zero-order valence-corrected chi connectivity index (χ0v) is 13.8. The lowest BCUT2D eigenvalue weighted by Crippen LogP contribution is -2.62. The minimum Gasteiger partial charge on any atom is -0.484 e. The molecule has 1 aliphatic heterocycles. The van der Waals surface area contributed by atoms with Gasteiger partial charge in [-0.25, -0.2) is 0 Å². The second kappa shape index (κ2) is 6.49. The number of carbonyl (C=O) groups is 1. The molecule has 1 aliphatic carbocycles. The van der Waals surface area contributed by atoms with Crippen LogP contribution in [0.2, 0.25) is 0 Å². The number of rotatable bonds is 4. The standard InChI is InChI=1S/C18H25NO4/c1-13-5-3-4-6-14(13)23-12-17(21)19-9-7-18(8-10-19)15(20)11-16(18)22-2/h3-6,15-16,20H,7-12H2,1-2H3/t15-,16+/m1/s1. The van der Waals surface area contributed by atoms with Gasteiger partial charge in [0.1, 0.15) is 5.75 Å². The largest absolute Gasteiger partial charge is 0.484 e. The van der Waals surface area contributed by atoms with Crippen LogP contribution in [-0.2, 0) is 9.53 Å². The Morgan fingerprint density at radius 3 is 2.65 bits per heavy atom. The first-order valence-electron chi connectivity index (χ1n) is 8.24. The average molecular weight is 319 g/mol. The summed E-state index contributed by atoms with van der Waals surface area (Å²) < 4.78 is 11.1. The van der Waals surface area contributed by atoms with Gasteiger partial charge in [0.05, 0.1) is 12.2 Å². The number of amides is 1. The third-order valence-electron chi connectivity index (χ3n) is 5.52. The fourth-order valence-electron chi connectivity index (χ4n) is 3.83. The molecule has 126 valence electrons. The molecule has 5 nitrogen and oxygen atoms in total. The number of nitrogens with zero attached hydrogens (tertiary/aromatic N) is 1. The summed E-state index contributed by atoms with van der Waals surface area (Å²) >= 11 is 0. The maximum atomic E-state index is 12.3. The number of likely N-dealkylation sites (tertiary alicyclic amines) is 1. The zero-order chi connectivity index (χ0) is 16.4. The van der Waals surface area contributed by atoms with E-state index in [0.717, 1.165) is 24.2 Å². The SMILES string of the molecule is CO[C@H]1C[C@@H](O)C12CCN(C(=O)COc1ccccc1C)CC2. The van der Waals surface area contributed by atoms with Crippen LogP contribution in [0.15, 0.2) is 24.3 Å². The van der Waals surface area contributed by atoms with Crippen LogP contribution in [0.3, 0.4) is 0 Å². The number of aliphatic hydroxyl groups is 1. The predicted octanol–water partition coefficient (Wildman–Crippen LogP) is 1.76. The Bertz CT molecular complexity index is 566. The third-order valence-corrected chi connectivity index (χ3v) is 5.52. The van der Waals surface area contributed by atoms with Gasteiger partial charge >= 0.3 is 0 Å². The van der Waals surface area contributed by atoms with E-state index in [0.29, 0.717) is 19.5 Å². The van der Waals surface area contributed by atoms with Crippen molar-refractivity contribution >= 4 is 5.91 Å². The van der Waals surface area contributed by atoms with Crippen molar-refractivity contribution in [3.8, 4) is 5.75 Å². The molecule has 0 aromatic heterocycles. The molecule has 2 aliphatic rings. The number of aryl methyl sites for hydroxylation is 1. The van der Waals surface area contributed by atoms with Crippen molar-refractivity contribution in [2.24, 2.45) is 5.41 Å². The molecule has 1 N–H and O–H groups in total. The zero-order valence-electron chi connectivity index (χ0n) is 13.8. The molecule has 2 fully saturated rings. The Morgan fingerprint density at radius 1 is 1.35 bits per heavy atom. The van der Waals surface area contributed by atoms with Gasteiger partial charge in [-0.2, -0.15) is 0 Å². The van der Waals surface area contributed by atoms with Gasteiger partial charge in [-0.1, -0.05) is 18.2 Å². The summed E-state index contributed by atoms with van der Waals surface area (Å²) in [7, 11) is 1.70. The molecule has 1 saturated carbocycles. The first-order chi connectivity index (χ1) is 11.1. The lowest BCUT2D eigenvalue weighted by molar-refractivity contribution is -0.202. The molecule has 1 spiro atoms. The Kier molecular flexibility index (Phi) is 4.60.